The van der Waals surface area contributed by atoms with Crippen molar-refractivity contribution >= 4 is 35.4 Å². The zero-order valence-corrected chi connectivity index (χ0v) is 23.2. The van der Waals surface area contributed by atoms with Gasteiger partial charge in [-0.3, -0.25) is 9.69 Å². The summed E-state index contributed by atoms with van der Waals surface area (Å²) >= 11 is 0. The van der Waals surface area contributed by atoms with Crippen molar-refractivity contribution in [3.8, 4) is 11.3 Å². The van der Waals surface area contributed by atoms with Crippen LogP contribution in [0, 0.1) is 11.7 Å². The van der Waals surface area contributed by atoms with Crippen molar-refractivity contribution in [2.45, 2.75) is 39.7 Å². The summed E-state index contributed by atoms with van der Waals surface area (Å²) in [6.45, 7) is 13.6. The molecule has 2 aromatic heterocycles. The van der Waals surface area contributed by atoms with Crippen molar-refractivity contribution in [2.75, 3.05) is 43.4 Å². The third-order valence-electron chi connectivity index (χ3n) is 7.10. The Kier molecular flexibility index (Phi) is 8.20. The number of carbonyl (C=O) groups excluding carboxylic acids is 1. The molecule has 0 bridgehead atoms. The van der Waals surface area contributed by atoms with Gasteiger partial charge in [0.1, 0.15) is 17.8 Å². The highest BCUT2D eigenvalue weighted by molar-refractivity contribution is 5.83. The smallest absolute Gasteiger partial charge is 0.225 e. The Morgan fingerprint density at radius 2 is 2.02 bits per heavy atom. The van der Waals surface area contributed by atoms with Crippen molar-refractivity contribution in [1.29, 1.82) is 0 Å². The van der Waals surface area contributed by atoms with E-state index in [1.54, 1.807) is 6.07 Å². The van der Waals surface area contributed by atoms with E-state index in [1.165, 1.54) is 6.33 Å². The van der Waals surface area contributed by atoms with E-state index in [0.29, 0.717) is 23.2 Å². The number of aliphatic imine (C=N–C) groups is 1. The van der Waals surface area contributed by atoms with Crippen LogP contribution in [0.15, 0.2) is 53.1 Å². The van der Waals surface area contributed by atoms with Crippen molar-refractivity contribution in [2.24, 2.45) is 10.9 Å². The van der Waals surface area contributed by atoms with Crippen LogP contribution in [0.5, 0.6) is 0 Å². The molecule has 2 aliphatic rings. The molecule has 2 fully saturated rings. The zero-order chi connectivity index (χ0) is 28.2. The van der Waals surface area contributed by atoms with Gasteiger partial charge in [0.25, 0.3) is 0 Å². The van der Waals surface area contributed by atoms with Gasteiger partial charge in [-0.2, -0.15) is 0 Å². The van der Waals surface area contributed by atoms with Crippen LogP contribution in [-0.4, -0.2) is 81.1 Å². The summed E-state index contributed by atoms with van der Waals surface area (Å²) in [6, 6.07) is 5.46. The number of nitrogens with one attached hydrogen (secondary N) is 3. The Hall–Kier alpha value is -4.12. The number of fused-ring (bicyclic) bond motifs is 1. The molecule has 1 aliphatic carbocycles. The minimum absolute atomic E-state index is 0.0394. The van der Waals surface area contributed by atoms with Crippen LogP contribution in [0.4, 0.5) is 16.2 Å². The highest BCUT2D eigenvalue weighted by Crippen LogP contribution is 2.31. The number of anilines is 2. The number of aromatic nitrogens is 4. The molecule has 1 aliphatic heterocycles. The number of hydrogen-bond acceptors (Lipinski definition) is 8. The molecule has 0 radical (unpaired) electrons. The second-order valence-corrected chi connectivity index (χ2v) is 10.6. The third-order valence-corrected chi connectivity index (χ3v) is 7.10. The van der Waals surface area contributed by atoms with E-state index in [1.807, 2.05) is 43.9 Å². The van der Waals surface area contributed by atoms with Gasteiger partial charge in [0, 0.05) is 50.2 Å². The summed E-state index contributed by atoms with van der Waals surface area (Å²) < 4.78 is 15.1. The first kappa shape index (κ1) is 27.4. The zero-order valence-electron chi connectivity index (χ0n) is 23.2. The van der Waals surface area contributed by atoms with Gasteiger partial charge in [-0.25, -0.2) is 24.3 Å². The molecule has 3 aromatic rings. The molecule has 3 heterocycles. The second-order valence-electron chi connectivity index (χ2n) is 10.6. The lowest BCUT2D eigenvalue weighted by atomic mass is 10.1. The lowest BCUT2D eigenvalue weighted by Crippen LogP contribution is -2.49. The van der Waals surface area contributed by atoms with Crippen LogP contribution in [0.2, 0.25) is 0 Å². The molecule has 1 amide bonds. The van der Waals surface area contributed by atoms with E-state index in [4.69, 9.17) is 0 Å². The number of piperazine rings is 1. The van der Waals surface area contributed by atoms with Gasteiger partial charge < -0.3 is 20.5 Å². The molecule has 0 atom stereocenters. The molecule has 40 heavy (non-hydrogen) atoms. The lowest BCUT2D eigenvalue weighted by Gasteiger charge is -2.35. The van der Waals surface area contributed by atoms with Crippen LogP contribution < -0.4 is 10.6 Å². The quantitative estimate of drug-likeness (QED) is 0.255. The number of rotatable bonds is 10. The Morgan fingerprint density at radius 3 is 2.70 bits per heavy atom. The van der Waals surface area contributed by atoms with Crippen molar-refractivity contribution in [3.05, 3.63) is 53.9 Å². The van der Waals surface area contributed by atoms with Gasteiger partial charge >= 0.3 is 0 Å². The van der Waals surface area contributed by atoms with Crippen molar-refractivity contribution < 1.29 is 9.18 Å². The van der Waals surface area contributed by atoms with Crippen LogP contribution in [-0.2, 0) is 4.79 Å². The molecule has 1 aromatic carbocycles. The average molecular weight is 546 g/mol. The number of H-pyrrole nitrogens is 1. The number of nitrogens with zero attached hydrogens (tertiary/aromatic N) is 6. The number of carbonyl (C=O) groups is 1. The summed E-state index contributed by atoms with van der Waals surface area (Å²) in [5, 5.41) is 6.22. The van der Waals surface area contributed by atoms with E-state index in [-0.39, 0.29) is 23.5 Å². The van der Waals surface area contributed by atoms with E-state index in [0.717, 1.165) is 62.2 Å². The first-order valence-electron chi connectivity index (χ1n) is 13.7. The monoisotopic (exact) mass is 545 g/mol. The van der Waals surface area contributed by atoms with Gasteiger partial charge in [0.05, 0.1) is 11.0 Å². The number of benzene rings is 1. The van der Waals surface area contributed by atoms with Gasteiger partial charge in [0.2, 0.25) is 11.9 Å². The molecule has 210 valence electrons. The first-order valence-corrected chi connectivity index (χ1v) is 13.7. The molecule has 10 nitrogen and oxygen atoms in total. The summed E-state index contributed by atoms with van der Waals surface area (Å²) in [4.78, 5) is 36.9. The van der Waals surface area contributed by atoms with Gasteiger partial charge in [-0.05, 0) is 64.1 Å². The Balaban J connectivity index is 1.26. The van der Waals surface area contributed by atoms with E-state index < -0.39 is 5.82 Å². The summed E-state index contributed by atoms with van der Waals surface area (Å²) in [7, 11) is 0. The van der Waals surface area contributed by atoms with E-state index >= 15 is 4.39 Å². The largest absolute Gasteiger partial charge is 0.365 e. The predicted octanol–water partition coefficient (Wildman–Crippen LogP) is 4.43. The number of aromatic amines is 1. The SMILES string of the molecule is C=N/C(=C\C(=C/C)CN1CCN(C(=O)C2CC2)CC1)Nc1nc2ccc(-c3ncnc(NC(C)C)c3F)cc2[nH]1. The Morgan fingerprint density at radius 1 is 1.25 bits per heavy atom. The predicted molar refractivity (Wildman–Crippen MR) is 157 cm³/mol. The Bertz CT molecular complexity index is 1450. The van der Waals surface area contributed by atoms with Crippen molar-refractivity contribution in [3.63, 3.8) is 0 Å². The fraction of sp³-hybridized carbons (Fsp3) is 0.414. The van der Waals surface area contributed by atoms with Crippen LogP contribution in [0.3, 0.4) is 0 Å². The van der Waals surface area contributed by atoms with Crippen molar-refractivity contribution in [1.82, 2.24) is 29.7 Å². The molecule has 0 spiro atoms. The van der Waals surface area contributed by atoms with Gasteiger partial charge in [-0.15, -0.1) is 0 Å². The fourth-order valence-corrected chi connectivity index (χ4v) is 4.77. The number of allylic oxidation sites excluding steroid dienone is 1. The standard InChI is InChI=1S/C29H36FN9O/c1-5-19(16-38-10-12-39(13-11-38)28(40)20-6-7-20)14-24(31-4)37-29-35-22-9-8-21(15-23(22)36-29)26-25(30)27(33-17-32-26)34-18(2)3/h5,8-9,14-15,17-18,20H,4,6-7,10-13,16H2,1-3H3,(H,32,33,34)(H2,35,36,37)/b19-5+,24-14+. The van der Waals surface area contributed by atoms with Gasteiger partial charge in [0.15, 0.2) is 11.6 Å². The minimum atomic E-state index is -0.496. The molecular weight excluding hydrogens is 509 g/mol. The summed E-state index contributed by atoms with van der Waals surface area (Å²) in [5.74, 6) is 1.32. The van der Waals surface area contributed by atoms with E-state index in [2.05, 4.69) is 53.3 Å². The summed E-state index contributed by atoms with van der Waals surface area (Å²) in [6.07, 6.45) is 7.44. The first-order chi connectivity index (χ1) is 19.3. The normalized spacial score (nSPS) is 17.0. The molecule has 5 rings (SSSR count). The summed E-state index contributed by atoms with van der Waals surface area (Å²) in [5.41, 5.74) is 3.36. The number of halogens is 1. The molecule has 1 saturated carbocycles. The number of amides is 1. The molecule has 11 heteroatoms. The lowest BCUT2D eigenvalue weighted by molar-refractivity contribution is -0.134. The maximum Gasteiger partial charge on any atom is 0.225 e. The van der Waals surface area contributed by atoms with E-state index in [9.17, 15) is 4.79 Å². The van der Waals surface area contributed by atoms with Crippen LogP contribution in [0.1, 0.15) is 33.6 Å². The second kappa shape index (κ2) is 12.0. The molecular formula is C29H36FN9O. The number of hydrogen-bond donors (Lipinski definition) is 3. The fourth-order valence-electron chi connectivity index (χ4n) is 4.77. The van der Waals surface area contributed by atoms with Crippen LogP contribution in [0.25, 0.3) is 22.3 Å². The van der Waals surface area contributed by atoms with Crippen LogP contribution >= 0.6 is 0 Å². The maximum atomic E-state index is 15.1. The topological polar surface area (TPSA) is 114 Å². The highest BCUT2D eigenvalue weighted by Gasteiger charge is 2.34. The minimum Gasteiger partial charge on any atom is -0.365 e. The Labute approximate surface area is 233 Å². The number of imidazole rings is 1. The molecule has 0 unspecified atom stereocenters. The van der Waals surface area contributed by atoms with Gasteiger partial charge in [-0.1, -0.05) is 12.1 Å². The third kappa shape index (κ3) is 6.36. The maximum absolute atomic E-state index is 15.1. The molecule has 1 saturated heterocycles. The average Bonchev–Trinajstić information content (AvgIpc) is 3.72. The highest BCUT2D eigenvalue weighted by atomic mass is 19.1. The molecule has 3 N–H and O–H groups in total.